The van der Waals surface area contributed by atoms with Crippen molar-refractivity contribution in [1.29, 1.82) is 0 Å². The van der Waals surface area contributed by atoms with E-state index < -0.39 is 5.60 Å². The van der Waals surface area contributed by atoms with Crippen molar-refractivity contribution in [2.75, 3.05) is 0 Å². The van der Waals surface area contributed by atoms with Gasteiger partial charge in [-0.25, -0.2) is 4.79 Å². The van der Waals surface area contributed by atoms with Gasteiger partial charge in [-0.2, -0.15) is 0 Å². The molecule has 0 unspecified atom stereocenters. The number of piperidine rings is 2. The zero-order chi connectivity index (χ0) is 10.6. The molecule has 0 radical (unpaired) electrons. The van der Waals surface area contributed by atoms with Crippen molar-refractivity contribution in [2.24, 2.45) is 0 Å². The van der Waals surface area contributed by atoms with E-state index in [1.165, 1.54) is 0 Å². The molecule has 84 valence electrons. The first-order valence-corrected chi connectivity index (χ1v) is 5.87. The molecular formula is C11H17NO3. The van der Waals surface area contributed by atoms with Gasteiger partial charge in [-0.3, -0.25) is 4.90 Å². The minimum Gasteiger partial charge on any atom is -0.444 e. The van der Waals surface area contributed by atoms with Gasteiger partial charge < -0.3 is 9.84 Å². The molecule has 3 saturated heterocycles. The molecule has 2 atom stereocenters. The number of carbonyl (C=O) groups excluding carboxylic acids is 1. The minimum absolute atomic E-state index is 0.0810. The quantitative estimate of drug-likeness (QED) is 0.710. The highest BCUT2D eigenvalue weighted by molar-refractivity contribution is 5.72. The van der Waals surface area contributed by atoms with E-state index in [-0.39, 0.29) is 18.2 Å². The molecule has 4 heteroatoms. The molecule has 3 heterocycles. The first-order valence-electron chi connectivity index (χ1n) is 5.87. The highest BCUT2D eigenvalue weighted by Crippen LogP contribution is 2.47. The van der Waals surface area contributed by atoms with Gasteiger partial charge in [0.2, 0.25) is 0 Å². The lowest BCUT2D eigenvalue weighted by Gasteiger charge is -2.52. The number of hydrogen-bond donors (Lipinski definition) is 1. The predicted octanol–water partition coefficient (Wildman–Crippen LogP) is 1.27. The first-order chi connectivity index (χ1) is 7.15. The number of hydrogen-bond acceptors (Lipinski definition) is 3. The van der Waals surface area contributed by atoms with Crippen LogP contribution < -0.4 is 0 Å². The molecule has 1 saturated carbocycles. The summed E-state index contributed by atoms with van der Waals surface area (Å²) >= 11 is 0. The number of cyclic esters (lactones) is 1. The lowest BCUT2D eigenvalue weighted by Crippen LogP contribution is -2.65. The molecule has 1 N–H and O–H groups in total. The molecular weight excluding hydrogens is 194 g/mol. The summed E-state index contributed by atoms with van der Waals surface area (Å²) in [5.41, 5.74) is -0.679. The highest BCUT2D eigenvalue weighted by atomic mass is 16.6. The van der Waals surface area contributed by atoms with E-state index in [0.717, 1.165) is 32.1 Å². The summed E-state index contributed by atoms with van der Waals surface area (Å²) in [5, 5.41) is 10.5. The third-order valence-electron chi connectivity index (χ3n) is 4.28. The molecule has 0 aromatic carbocycles. The Bertz CT molecular complexity index is 296. The molecule has 4 aliphatic rings. The summed E-state index contributed by atoms with van der Waals surface area (Å²) in [7, 11) is 0. The Morgan fingerprint density at radius 3 is 2.80 bits per heavy atom. The summed E-state index contributed by atoms with van der Waals surface area (Å²) in [4.78, 5) is 13.5. The van der Waals surface area contributed by atoms with E-state index in [4.69, 9.17) is 4.74 Å². The zero-order valence-corrected chi connectivity index (χ0v) is 8.98. The highest BCUT2D eigenvalue weighted by Gasteiger charge is 2.60. The molecule has 0 aromatic heterocycles. The number of amides is 1. The Morgan fingerprint density at radius 2 is 2.20 bits per heavy atom. The van der Waals surface area contributed by atoms with E-state index in [2.05, 4.69) is 0 Å². The molecule has 4 rings (SSSR count). The Balaban J connectivity index is 1.99. The SMILES string of the molecule is CC[C@@H]1OC(=O)N2C3CCC(O)(CC3)[C@H]12. The van der Waals surface area contributed by atoms with Gasteiger partial charge in [0.15, 0.2) is 0 Å². The van der Waals surface area contributed by atoms with Crippen LogP contribution in [0.1, 0.15) is 39.0 Å². The van der Waals surface area contributed by atoms with Crippen molar-refractivity contribution in [3.05, 3.63) is 0 Å². The van der Waals surface area contributed by atoms with Gasteiger partial charge >= 0.3 is 6.09 Å². The summed E-state index contributed by atoms with van der Waals surface area (Å²) < 4.78 is 5.33. The van der Waals surface area contributed by atoms with Crippen LogP contribution in [0.4, 0.5) is 4.79 Å². The molecule has 15 heavy (non-hydrogen) atoms. The topological polar surface area (TPSA) is 49.8 Å². The van der Waals surface area contributed by atoms with Gasteiger partial charge in [-0.05, 0) is 32.1 Å². The van der Waals surface area contributed by atoms with Gasteiger partial charge in [-0.1, -0.05) is 6.92 Å². The number of ether oxygens (including phenoxy) is 1. The third kappa shape index (κ3) is 1.08. The van der Waals surface area contributed by atoms with Crippen LogP contribution in [0.3, 0.4) is 0 Å². The van der Waals surface area contributed by atoms with Crippen molar-refractivity contribution in [3.63, 3.8) is 0 Å². The van der Waals surface area contributed by atoms with Crippen molar-refractivity contribution in [2.45, 2.75) is 62.8 Å². The summed E-state index contributed by atoms with van der Waals surface area (Å²) in [6.45, 7) is 2.01. The smallest absolute Gasteiger partial charge is 0.410 e. The lowest BCUT2D eigenvalue weighted by atomic mass is 9.70. The van der Waals surface area contributed by atoms with Crippen molar-refractivity contribution in [3.8, 4) is 0 Å². The van der Waals surface area contributed by atoms with Crippen LogP contribution in [0.15, 0.2) is 0 Å². The van der Waals surface area contributed by atoms with Gasteiger partial charge in [0, 0.05) is 6.04 Å². The Morgan fingerprint density at radius 1 is 1.53 bits per heavy atom. The fraction of sp³-hybridized carbons (Fsp3) is 0.909. The van der Waals surface area contributed by atoms with Gasteiger partial charge in [0.1, 0.15) is 12.1 Å². The Hall–Kier alpha value is -0.770. The van der Waals surface area contributed by atoms with E-state index in [9.17, 15) is 9.90 Å². The number of nitrogens with zero attached hydrogens (tertiary/aromatic N) is 1. The fourth-order valence-electron chi connectivity index (χ4n) is 3.51. The van der Waals surface area contributed by atoms with Crippen LogP contribution in [-0.2, 0) is 4.74 Å². The second kappa shape index (κ2) is 2.88. The number of carbonyl (C=O) groups is 1. The predicted molar refractivity (Wildman–Crippen MR) is 53.4 cm³/mol. The van der Waals surface area contributed by atoms with Crippen molar-refractivity contribution < 1.29 is 14.6 Å². The molecule has 1 aliphatic carbocycles. The second-order valence-corrected chi connectivity index (χ2v) is 5.02. The van der Waals surface area contributed by atoms with E-state index in [1.54, 1.807) is 4.90 Å². The third-order valence-corrected chi connectivity index (χ3v) is 4.28. The number of rotatable bonds is 1. The maximum atomic E-state index is 11.7. The summed E-state index contributed by atoms with van der Waals surface area (Å²) in [5.74, 6) is 0. The molecule has 0 aromatic rings. The maximum absolute atomic E-state index is 11.7. The molecule has 1 amide bonds. The number of fused-ring (bicyclic) bond motifs is 2. The molecule has 4 nitrogen and oxygen atoms in total. The lowest BCUT2D eigenvalue weighted by molar-refractivity contribution is -0.125. The average molecular weight is 211 g/mol. The van der Waals surface area contributed by atoms with E-state index >= 15 is 0 Å². The van der Waals surface area contributed by atoms with Crippen LogP contribution >= 0.6 is 0 Å². The van der Waals surface area contributed by atoms with E-state index in [0.29, 0.717) is 6.04 Å². The van der Waals surface area contributed by atoms with Gasteiger partial charge in [0.05, 0.1) is 5.60 Å². The first kappa shape index (κ1) is 9.46. The van der Waals surface area contributed by atoms with Gasteiger partial charge in [-0.15, -0.1) is 0 Å². The van der Waals surface area contributed by atoms with Crippen molar-refractivity contribution >= 4 is 6.09 Å². The van der Waals surface area contributed by atoms with Crippen LogP contribution in [0.25, 0.3) is 0 Å². The van der Waals surface area contributed by atoms with Crippen LogP contribution in [0.5, 0.6) is 0 Å². The average Bonchev–Trinajstić information content (AvgIpc) is 2.59. The Labute approximate surface area is 89.2 Å². The van der Waals surface area contributed by atoms with Crippen LogP contribution in [0.2, 0.25) is 0 Å². The normalized spacial score (nSPS) is 48.0. The Kier molecular flexibility index (Phi) is 1.81. The monoisotopic (exact) mass is 211 g/mol. The zero-order valence-electron chi connectivity index (χ0n) is 8.98. The number of aliphatic hydroxyl groups is 1. The standard InChI is InChI=1S/C11H17NO3/c1-2-8-9-11(14)5-3-7(4-6-11)12(9)10(13)15-8/h7-9,14H,2-6H2,1H3/t7?,8-,9-,11?/m0/s1. The molecule has 2 bridgehead atoms. The minimum atomic E-state index is -0.679. The summed E-state index contributed by atoms with van der Waals surface area (Å²) in [6.07, 6.45) is 3.98. The van der Waals surface area contributed by atoms with Gasteiger partial charge in [0.25, 0.3) is 0 Å². The largest absolute Gasteiger partial charge is 0.444 e. The summed E-state index contributed by atoms with van der Waals surface area (Å²) in [6, 6.07) is 0.232. The molecule has 3 aliphatic heterocycles. The molecule has 0 spiro atoms. The van der Waals surface area contributed by atoms with Crippen LogP contribution in [0, 0.1) is 0 Å². The second-order valence-electron chi connectivity index (χ2n) is 5.02. The fourth-order valence-corrected chi connectivity index (χ4v) is 3.51. The van der Waals surface area contributed by atoms with Crippen molar-refractivity contribution in [1.82, 2.24) is 4.90 Å². The maximum Gasteiger partial charge on any atom is 0.410 e. The molecule has 4 fully saturated rings. The van der Waals surface area contributed by atoms with Crippen LogP contribution in [-0.4, -0.2) is 39.9 Å². The van der Waals surface area contributed by atoms with E-state index in [1.807, 2.05) is 6.92 Å².